The van der Waals surface area contributed by atoms with E-state index in [-0.39, 0.29) is 64.2 Å². The molecular formula is C27H28ClFN6O6. The van der Waals surface area contributed by atoms with Gasteiger partial charge in [-0.3, -0.25) is 14.4 Å². The van der Waals surface area contributed by atoms with Crippen molar-refractivity contribution < 1.29 is 33.0 Å². The molecule has 3 heterocycles. The van der Waals surface area contributed by atoms with Crippen LogP contribution >= 0.6 is 11.6 Å². The number of hydroxylamine groups is 2. The highest BCUT2D eigenvalue weighted by Crippen LogP contribution is 2.36. The molecule has 3 N–H and O–H groups in total. The van der Waals surface area contributed by atoms with Crippen molar-refractivity contribution in [3.05, 3.63) is 64.1 Å². The van der Waals surface area contributed by atoms with Crippen molar-refractivity contribution in [3.63, 3.8) is 0 Å². The van der Waals surface area contributed by atoms with Gasteiger partial charge in [0, 0.05) is 19.7 Å². The number of rotatable bonds is 9. The quantitative estimate of drug-likeness (QED) is 0.342. The third-order valence-electron chi connectivity index (χ3n) is 6.83. The molecular weight excluding hydrogens is 559 g/mol. The van der Waals surface area contributed by atoms with Gasteiger partial charge in [-0.05, 0) is 30.7 Å². The second-order valence-corrected chi connectivity index (χ2v) is 9.67. The zero-order valence-corrected chi connectivity index (χ0v) is 23.3. The minimum atomic E-state index is -0.778. The normalized spacial score (nSPS) is 18.2. The summed E-state index contributed by atoms with van der Waals surface area (Å²) >= 11 is 6.29. The predicted molar refractivity (Wildman–Crippen MR) is 146 cm³/mol. The average molecular weight is 587 g/mol. The van der Waals surface area contributed by atoms with Crippen molar-refractivity contribution in [1.82, 2.24) is 25.7 Å². The van der Waals surface area contributed by atoms with Gasteiger partial charge in [0.2, 0.25) is 11.8 Å². The highest BCUT2D eigenvalue weighted by atomic mass is 35.5. The maximum atomic E-state index is 15.2. The summed E-state index contributed by atoms with van der Waals surface area (Å²) in [6.45, 7) is 1.56. The van der Waals surface area contributed by atoms with Crippen LogP contribution in [-0.2, 0) is 16.1 Å². The van der Waals surface area contributed by atoms with Crippen molar-refractivity contribution in [2.24, 2.45) is 0 Å². The van der Waals surface area contributed by atoms with Crippen LogP contribution in [0.1, 0.15) is 32.7 Å². The lowest BCUT2D eigenvalue weighted by atomic mass is 10.0. The molecule has 1 saturated heterocycles. The molecule has 2 atom stereocenters. The second-order valence-electron chi connectivity index (χ2n) is 9.27. The molecule has 2 aliphatic heterocycles. The van der Waals surface area contributed by atoms with Gasteiger partial charge in [0.25, 0.3) is 11.8 Å². The lowest BCUT2D eigenvalue weighted by Crippen LogP contribution is -2.53. The molecule has 2 amide bonds. The van der Waals surface area contributed by atoms with Gasteiger partial charge in [0.1, 0.15) is 22.3 Å². The molecule has 0 saturated carbocycles. The zero-order chi connectivity index (χ0) is 29.1. The number of benzene rings is 2. The van der Waals surface area contributed by atoms with E-state index in [4.69, 9.17) is 30.6 Å². The third-order valence-corrected chi connectivity index (χ3v) is 7.09. The first-order valence-corrected chi connectivity index (χ1v) is 13.1. The van der Waals surface area contributed by atoms with Gasteiger partial charge in [-0.2, -0.15) is 4.98 Å². The van der Waals surface area contributed by atoms with E-state index in [1.165, 1.54) is 31.5 Å². The number of carbonyl (C=O) groups excluding carboxylic acids is 2. The van der Waals surface area contributed by atoms with E-state index < -0.39 is 11.7 Å². The number of anilines is 2. The number of carbonyl (C=O) groups is 2. The summed E-state index contributed by atoms with van der Waals surface area (Å²) < 4.78 is 31.9. The van der Waals surface area contributed by atoms with Gasteiger partial charge < -0.3 is 30.2 Å². The van der Waals surface area contributed by atoms with Crippen molar-refractivity contribution in [2.75, 3.05) is 39.7 Å². The monoisotopic (exact) mass is 586 g/mol. The SMILES string of the molecule is COc1cc(C(=O)NC2CCNC[C@@H]2OC)c(F)cc1Nc1ncc(Cl)c(Oc2cccc3c2C(=O)N(OC)C3)n1. The first-order chi connectivity index (χ1) is 19.8. The van der Waals surface area contributed by atoms with Crippen LogP contribution < -0.4 is 25.4 Å². The Bertz CT molecular complexity index is 1480. The van der Waals surface area contributed by atoms with Gasteiger partial charge in [-0.25, -0.2) is 14.4 Å². The molecule has 12 nitrogen and oxygen atoms in total. The molecule has 3 aromatic rings. The topological polar surface area (TPSA) is 136 Å². The first kappa shape index (κ1) is 28.5. The van der Waals surface area contributed by atoms with Crippen molar-refractivity contribution in [3.8, 4) is 17.4 Å². The van der Waals surface area contributed by atoms with Gasteiger partial charge in [0.15, 0.2) is 0 Å². The molecule has 14 heteroatoms. The van der Waals surface area contributed by atoms with Crippen LogP contribution in [0.3, 0.4) is 0 Å². The highest BCUT2D eigenvalue weighted by molar-refractivity contribution is 6.31. The predicted octanol–water partition coefficient (Wildman–Crippen LogP) is 3.44. The van der Waals surface area contributed by atoms with E-state index >= 15 is 4.39 Å². The first-order valence-electron chi connectivity index (χ1n) is 12.7. The van der Waals surface area contributed by atoms with Crippen LogP contribution in [-0.4, -0.2) is 73.4 Å². The number of hydrogen-bond donors (Lipinski definition) is 3. The Kier molecular flexibility index (Phi) is 8.49. The van der Waals surface area contributed by atoms with E-state index in [1.807, 2.05) is 0 Å². The number of nitrogens with one attached hydrogen (secondary N) is 3. The fraction of sp³-hybridized carbons (Fsp3) is 0.333. The summed E-state index contributed by atoms with van der Waals surface area (Å²) in [5, 5.41) is 10.2. The van der Waals surface area contributed by atoms with E-state index in [9.17, 15) is 9.59 Å². The molecule has 1 fully saturated rings. The smallest absolute Gasteiger partial charge is 0.281 e. The van der Waals surface area contributed by atoms with Crippen LogP contribution in [0.15, 0.2) is 36.5 Å². The number of fused-ring (bicyclic) bond motifs is 1. The minimum Gasteiger partial charge on any atom is -0.495 e. The van der Waals surface area contributed by atoms with Crippen LogP contribution in [0.5, 0.6) is 17.4 Å². The molecule has 0 spiro atoms. The van der Waals surface area contributed by atoms with Crippen LogP contribution in [0.4, 0.5) is 16.0 Å². The number of hydrogen-bond acceptors (Lipinski definition) is 10. The van der Waals surface area contributed by atoms with Crippen molar-refractivity contribution in [1.29, 1.82) is 0 Å². The lowest BCUT2D eigenvalue weighted by Gasteiger charge is -2.31. The van der Waals surface area contributed by atoms with Gasteiger partial charge in [0.05, 0.1) is 55.9 Å². The van der Waals surface area contributed by atoms with Crippen molar-refractivity contribution >= 4 is 35.1 Å². The van der Waals surface area contributed by atoms with E-state index in [0.717, 1.165) is 11.6 Å². The summed E-state index contributed by atoms with van der Waals surface area (Å²) in [6.07, 6.45) is 1.71. The zero-order valence-electron chi connectivity index (χ0n) is 22.5. The number of methoxy groups -OCH3 is 2. The molecule has 2 aliphatic rings. The minimum absolute atomic E-state index is 0.00867. The Hall–Kier alpha value is -4.04. The summed E-state index contributed by atoms with van der Waals surface area (Å²) in [5.41, 5.74) is 1.03. The Morgan fingerprint density at radius 2 is 2.05 bits per heavy atom. The number of halogens is 2. The number of amides is 2. The molecule has 0 aliphatic carbocycles. The van der Waals surface area contributed by atoms with Crippen LogP contribution in [0, 0.1) is 5.82 Å². The molecule has 2 aromatic carbocycles. The Labute approximate surface area is 240 Å². The number of aromatic nitrogens is 2. The highest BCUT2D eigenvalue weighted by Gasteiger charge is 2.32. The number of ether oxygens (including phenoxy) is 3. The summed E-state index contributed by atoms with van der Waals surface area (Å²) in [4.78, 5) is 39.2. The molecule has 41 heavy (non-hydrogen) atoms. The van der Waals surface area contributed by atoms with E-state index in [2.05, 4.69) is 25.9 Å². The molecule has 216 valence electrons. The molecule has 1 unspecified atom stereocenters. The van der Waals surface area contributed by atoms with Gasteiger partial charge >= 0.3 is 0 Å². The Morgan fingerprint density at radius 3 is 2.80 bits per heavy atom. The fourth-order valence-corrected chi connectivity index (χ4v) is 4.86. The molecule has 1 aromatic heterocycles. The van der Waals surface area contributed by atoms with Crippen molar-refractivity contribution in [2.45, 2.75) is 25.1 Å². The maximum Gasteiger partial charge on any atom is 0.281 e. The second kappa shape index (κ2) is 12.2. The van der Waals surface area contributed by atoms with Crippen LogP contribution in [0.2, 0.25) is 5.02 Å². The molecule has 0 bridgehead atoms. The molecule has 0 radical (unpaired) electrons. The van der Waals surface area contributed by atoms with Gasteiger partial charge in [-0.1, -0.05) is 23.7 Å². The average Bonchev–Trinajstić information content (AvgIpc) is 3.31. The third kappa shape index (κ3) is 5.88. The van der Waals surface area contributed by atoms with E-state index in [1.54, 1.807) is 25.3 Å². The number of nitrogens with zero attached hydrogens (tertiary/aromatic N) is 3. The Balaban J connectivity index is 1.36. The summed E-state index contributed by atoms with van der Waals surface area (Å²) in [6, 6.07) is 7.29. The lowest BCUT2D eigenvalue weighted by molar-refractivity contribution is -0.0957. The molecule has 5 rings (SSSR count). The van der Waals surface area contributed by atoms with Crippen LogP contribution in [0.25, 0.3) is 0 Å². The van der Waals surface area contributed by atoms with E-state index in [0.29, 0.717) is 25.1 Å². The maximum absolute atomic E-state index is 15.2. The number of piperidine rings is 1. The fourth-order valence-electron chi connectivity index (χ4n) is 4.73. The Morgan fingerprint density at radius 1 is 1.22 bits per heavy atom. The standard InChI is InChI=1S/C27H28ClFN6O6/c1-38-21-9-15(24(36)32-18-7-8-30-12-22(18)39-2)17(29)10-19(21)33-27-31-11-16(28)25(34-27)41-20-6-4-5-14-13-35(40-3)26(37)23(14)20/h4-6,9-11,18,22,30H,7-8,12-13H2,1-3H3,(H,32,36)(H,31,33,34)/t18?,22-/m0/s1. The summed E-state index contributed by atoms with van der Waals surface area (Å²) in [5.74, 6) is -1.33. The summed E-state index contributed by atoms with van der Waals surface area (Å²) in [7, 11) is 4.36. The largest absolute Gasteiger partial charge is 0.495 e. The van der Waals surface area contributed by atoms with Gasteiger partial charge in [-0.15, -0.1) is 0 Å².